The highest BCUT2D eigenvalue weighted by Gasteiger charge is 2.32. The number of anilines is 1. The molecule has 2 unspecified atom stereocenters. The molecule has 1 N–H and O–H groups in total. The van der Waals surface area contributed by atoms with Gasteiger partial charge in [0.25, 0.3) is 5.91 Å². The Morgan fingerprint density at radius 1 is 1.06 bits per heavy atom. The van der Waals surface area contributed by atoms with Gasteiger partial charge in [0.1, 0.15) is 11.8 Å². The van der Waals surface area contributed by atoms with Gasteiger partial charge in [-0.1, -0.05) is 42.5 Å². The molecule has 4 aromatic rings. The molecule has 9 heteroatoms. The number of hydrogen-bond acceptors (Lipinski definition) is 5. The second-order valence-electron chi connectivity index (χ2n) is 9.22. The third-order valence-corrected chi connectivity index (χ3v) is 7.76. The average Bonchev–Trinajstić information content (AvgIpc) is 3.24. The lowest BCUT2D eigenvalue weighted by Gasteiger charge is -2.34. The SMILES string of the molecule is Cc1cccc(C)c1-c1cc2nc(n1)NS(=O)c1cc(n(C)c1)C(=O)N1Cc3ccccc3C(C1)O2. The van der Waals surface area contributed by atoms with Gasteiger partial charge in [-0.25, -0.2) is 9.19 Å². The molecule has 2 aliphatic rings. The van der Waals surface area contributed by atoms with Crippen LogP contribution in [0.3, 0.4) is 0 Å². The lowest BCUT2D eigenvalue weighted by molar-refractivity contribution is 0.0580. The van der Waals surface area contributed by atoms with Crippen LogP contribution in [0.2, 0.25) is 0 Å². The predicted octanol–water partition coefficient (Wildman–Crippen LogP) is 4.32. The molecule has 6 bridgehead atoms. The van der Waals surface area contributed by atoms with Crippen molar-refractivity contribution in [3.8, 4) is 17.1 Å². The molecular weight excluding hydrogens is 474 g/mol. The summed E-state index contributed by atoms with van der Waals surface area (Å²) in [5, 5.41) is 0. The molecule has 0 aliphatic carbocycles. The summed E-state index contributed by atoms with van der Waals surface area (Å²) < 4.78 is 24.3. The fraction of sp³-hybridized carbons (Fsp3) is 0.222. The van der Waals surface area contributed by atoms with Crippen LogP contribution in [0.15, 0.2) is 65.7 Å². The summed E-state index contributed by atoms with van der Waals surface area (Å²) in [7, 11) is 0.104. The van der Waals surface area contributed by atoms with Crippen molar-refractivity contribution in [2.24, 2.45) is 7.05 Å². The zero-order chi connectivity index (χ0) is 25.0. The molecule has 0 radical (unpaired) electrons. The number of fused-ring (bicyclic) bond motifs is 8. The van der Waals surface area contributed by atoms with Gasteiger partial charge in [-0.15, -0.1) is 0 Å². The second kappa shape index (κ2) is 8.60. The van der Waals surface area contributed by atoms with Gasteiger partial charge in [-0.2, -0.15) is 4.98 Å². The minimum absolute atomic E-state index is 0.142. The Bertz CT molecular complexity index is 1530. The van der Waals surface area contributed by atoms with Gasteiger partial charge in [0, 0.05) is 31.4 Å². The summed E-state index contributed by atoms with van der Waals surface area (Å²) in [5.41, 5.74) is 6.30. The smallest absolute Gasteiger partial charge is 0.270 e. The number of carbonyl (C=O) groups is 1. The maximum Gasteiger partial charge on any atom is 0.270 e. The first-order chi connectivity index (χ1) is 17.4. The van der Waals surface area contributed by atoms with E-state index < -0.39 is 17.1 Å². The highest BCUT2D eigenvalue weighted by molar-refractivity contribution is 7.86. The van der Waals surface area contributed by atoms with E-state index in [-0.39, 0.29) is 11.9 Å². The van der Waals surface area contributed by atoms with Crippen molar-refractivity contribution in [1.82, 2.24) is 19.4 Å². The molecule has 8 nitrogen and oxygen atoms in total. The molecule has 36 heavy (non-hydrogen) atoms. The second-order valence-corrected chi connectivity index (χ2v) is 10.4. The van der Waals surface area contributed by atoms with Gasteiger partial charge < -0.3 is 14.2 Å². The van der Waals surface area contributed by atoms with Gasteiger partial charge in [0.15, 0.2) is 11.0 Å². The van der Waals surface area contributed by atoms with E-state index in [0.717, 1.165) is 27.8 Å². The monoisotopic (exact) mass is 499 g/mol. The van der Waals surface area contributed by atoms with Gasteiger partial charge in [-0.05, 0) is 42.2 Å². The van der Waals surface area contributed by atoms with Crippen molar-refractivity contribution in [1.29, 1.82) is 0 Å². The molecule has 0 saturated carbocycles. The number of aromatic nitrogens is 3. The quantitative estimate of drug-likeness (QED) is 0.421. The third-order valence-electron chi connectivity index (χ3n) is 6.74. The van der Waals surface area contributed by atoms with Crippen LogP contribution in [0, 0.1) is 13.8 Å². The summed E-state index contributed by atoms with van der Waals surface area (Å²) in [4.78, 5) is 25.0. The molecule has 6 rings (SSSR count). The van der Waals surface area contributed by atoms with Crippen LogP contribution in [0.5, 0.6) is 5.88 Å². The number of aryl methyl sites for hydroxylation is 3. The lowest BCUT2D eigenvalue weighted by Crippen LogP contribution is -2.40. The Kier molecular flexibility index (Phi) is 5.37. The van der Waals surface area contributed by atoms with E-state index in [0.29, 0.717) is 35.3 Å². The van der Waals surface area contributed by atoms with Gasteiger partial charge in [0.2, 0.25) is 11.8 Å². The molecule has 2 atom stereocenters. The van der Waals surface area contributed by atoms with E-state index in [4.69, 9.17) is 9.72 Å². The molecule has 4 heterocycles. The summed E-state index contributed by atoms with van der Waals surface area (Å²) >= 11 is 0. The summed E-state index contributed by atoms with van der Waals surface area (Å²) in [6, 6.07) is 17.5. The van der Waals surface area contributed by atoms with Crippen molar-refractivity contribution in [3.63, 3.8) is 0 Å². The minimum atomic E-state index is -1.68. The highest BCUT2D eigenvalue weighted by atomic mass is 32.2. The first-order valence-corrected chi connectivity index (χ1v) is 12.9. The van der Waals surface area contributed by atoms with Crippen LogP contribution < -0.4 is 9.46 Å². The zero-order valence-electron chi connectivity index (χ0n) is 20.2. The Labute approximate surface area is 211 Å². The largest absolute Gasteiger partial charge is 0.467 e. The molecule has 2 aromatic heterocycles. The standard InChI is InChI=1S/C27H25N5O3S/c1-16-7-6-8-17(2)25(16)21-12-24-29-27(28-21)30-36(34)19-11-22(31(3)14-19)26(33)32-13-18-9-4-5-10-20(18)23(15-32)35-24/h4-12,14,23H,13,15H2,1-3H3,(H,28,29,30). The van der Waals surface area contributed by atoms with Crippen molar-refractivity contribution in [3.05, 3.63) is 88.7 Å². The van der Waals surface area contributed by atoms with Crippen LogP contribution in [0.1, 0.15) is 38.8 Å². The summed E-state index contributed by atoms with van der Waals surface area (Å²) in [6.45, 7) is 4.90. The molecule has 0 spiro atoms. The normalized spacial score (nSPS) is 18.8. The van der Waals surface area contributed by atoms with E-state index in [2.05, 4.69) is 9.71 Å². The molecule has 182 valence electrons. The lowest BCUT2D eigenvalue weighted by atomic mass is 9.97. The Hall–Kier alpha value is -3.98. The van der Waals surface area contributed by atoms with Crippen LogP contribution in [-0.4, -0.2) is 36.1 Å². The Morgan fingerprint density at radius 2 is 1.83 bits per heavy atom. The van der Waals surface area contributed by atoms with Gasteiger partial charge in [-0.3, -0.25) is 9.52 Å². The Balaban J connectivity index is 1.54. The maximum atomic E-state index is 13.5. The fourth-order valence-corrected chi connectivity index (χ4v) is 5.84. The number of hydrogen-bond donors (Lipinski definition) is 1. The number of nitrogens with zero attached hydrogens (tertiary/aromatic N) is 4. The van der Waals surface area contributed by atoms with E-state index in [9.17, 15) is 9.00 Å². The number of rotatable bonds is 1. The number of ether oxygens (including phenoxy) is 1. The van der Waals surface area contributed by atoms with Crippen LogP contribution in [0.25, 0.3) is 11.3 Å². The number of benzene rings is 2. The molecule has 1 amide bonds. The molecule has 2 aliphatic heterocycles. The number of nitrogens with one attached hydrogen (secondary N) is 1. The summed E-state index contributed by atoms with van der Waals surface area (Å²) in [5.74, 6) is 0.404. The topological polar surface area (TPSA) is 89.3 Å². The van der Waals surface area contributed by atoms with Crippen LogP contribution in [-0.2, 0) is 24.6 Å². The van der Waals surface area contributed by atoms with E-state index in [1.54, 1.807) is 28.8 Å². The predicted molar refractivity (Wildman–Crippen MR) is 137 cm³/mol. The van der Waals surface area contributed by atoms with Crippen molar-refractivity contribution >= 4 is 22.8 Å². The zero-order valence-corrected chi connectivity index (χ0v) is 21.0. The minimum Gasteiger partial charge on any atom is -0.467 e. The molecular formula is C27H25N5O3S. The first-order valence-electron chi connectivity index (χ1n) is 11.7. The van der Waals surface area contributed by atoms with Gasteiger partial charge in [0.05, 0.1) is 17.1 Å². The average molecular weight is 500 g/mol. The first kappa shape index (κ1) is 22.5. The third kappa shape index (κ3) is 3.85. The fourth-order valence-electron chi connectivity index (χ4n) is 4.99. The highest BCUT2D eigenvalue weighted by Crippen LogP contribution is 2.34. The van der Waals surface area contributed by atoms with E-state index in [1.165, 1.54) is 0 Å². The molecule has 0 saturated heterocycles. The van der Waals surface area contributed by atoms with Crippen LogP contribution in [0.4, 0.5) is 5.95 Å². The van der Waals surface area contributed by atoms with Crippen molar-refractivity contribution in [2.45, 2.75) is 31.4 Å². The van der Waals surface area contributed by atoms with Gasteiger partial charge >= 0.3 is 0 Å². The number of amides is 1. The summed E-state index contributed by atoms with van der Waals surface area (Å²) in [6.07, 6.45) is 1.28. The van der Waals surface area contributed by atoms with E-state index in [1.807, 2.05) is 62.4 Å². The van der Waals surface area contributed by atoms with Crippen molar-refractivity contribution in [2.75, 3.05) is 11.3 Å². The van der Waals surface area contributed by atoms with Crippen LogP contribution >= 0.6 is 0 Å². The van der Waals surface area contributed by atoms with E-state index >= 15 is 0 Å². The molecule has 2 aromatic carbocycles. The maximum absolute atomic E-state index is 13.5. The number of carbonyl (C=O) groups excluding carboxylic acids is 1. The Morgan fingerprint density at radius 3 is 2.64 bits per heavy atom. The molecule has 0 fully saturated rings. The van der Waals surface area contributed by atoms with Crippen molar-refractivity contribution < 1.29 is 13.7 Å².